The molecule has 9 heteroatoms. The van der Waals surface area contributed by atoms with E-state index in [-0.39, 0.29) is 34.0 Å². The summed E-state index contributed by atoms with van der Waals surface area (Å²) in [5.74, 6) is -0.442. The minimum Gasteiger partial charge on any atom is -0.493 e. The van der Waals surface area contributed by atoms with Crippen LogP contribution in [0.2, 0.25) is 5.02 Å². The zero-order valence-electron chi connectivity index (χ0n) is 19.9. The van der Waals surface area contributed by atoms with E-state index in [4.69, 9.17) is 21.1 Å². The third-order valence-electron chi connectivity index (χ3n) is 5.92. The maximum absolute atomic E-state index is 13.2. The van der Waals surface area contributed by atoms with E-state index in [0.717, 1.165) is 28.1 Å². The zero-order chi connectivity index (χ0) is 26.8. The predicted octanol–water partition coefficient (Wildman–Crippen LogP) is 7.56. The molecule has 0 unspecified atom stereocenters. The van der Waals surface area contributed by atoms with Gasteiger partial charge >= 0.3 is 5.97 Å². The van der Waals surface area contributed by atoms with Gasteiger partial charge in [-0.2, -0.15) is 0 Å². The van der Waals surface area contributed by atoms with Gasteiger partial charge in [0.05, 0.1) is 32.7 Å². The van der Waals surface area contributed by atoms with Crippen LogP contribution in [0.1, 0.15) is 21.5 Å². The summed E-state index contributed by atoms with van der Waals surface area (Å²) in [6, 6.07) is 23.7. The third kappa shape index (κ3) is 5.29. The number of benzene rings is 4. The number of fused-ring (bicyclic) bond motifs is 1. The fourth-order valence-corrected chi connectivity index (χ4v) is 5.87. The second-order valence-corrected chi connectivity index (χ2v) is 10.9. The molecule has 190 valence electrons. The predicted molar refractivity (Wildman–Crippen MR) is 158 cm³/mol. The molecule has 1 aliphatic heterocycles. The Balaban J connectivity index is 1.40. The van der Waals surface area contributed by atoms with E-state index in [1.165, 1.54) is 12.0 Å². The molecule has 2 amide bonds. The first-order chi connectivity index (χ1) is 18.4. The van der Waals surface area contributed by atoms with Gasteiger partial charge in [0, 0.05) is 0 Å². The van der Waals surface area contributed by atoms with Crippen molar-refractivity contribution >= 4 is 79.9 Å². The van der Waals surface area contributed by atoms with Gasteiger partial charge < -0.3 is 9.47 Å². The number of thioether (sulfide) groups is 1. The van der Waals surface area contributed by atoms with Crippen molar-refractivity contribution in [3.05, 3.63) is 109 Å². The largest absolute Gasteiger partial charge is 0.493 e. The number of hydrogen-bond acceptors (Lipinski definition) is 6. The van der Waals surface area contributed by atoms with E-state index in [2.05, 4.69) is 0 Å². The van der Waals surface area contributed by atoms with E-state index in [1.807, 2.05) is 65.1 Å². The van der Waals surface area contributed by atoms with Crippen molar-refractivity contribution in [1.29, 1.82) is 0 Å². The first-order valence-corrected chi connectivity index (χ1v) is 13.7. The number of carbonyl (C=O) groups excluding carboxylic acids is 3. The highest BCUT2D eigenvalue weighted by atomic mass is 127. The van der Waals surface area contributed by atoms with Crippen LogP contribution in [0.25, 0.3) is 16.8 Å². The molecule has 0 aliphatic carbocycles. The lowest BCUT2D eigenvalue weighted by atomic mass is 10.0. The monoisotopic (exact) mass is 655 g/mol. The van der Waals surface area contributed by atoms with Crippen molar-refractivity contribution in [3.63, 3.8) is 0 Å². The molecule has 1 saturated heterocycles. The van der Waals surface area contributed by atoms with Gasteiger partial charge in [-0.25, -0.2) is 4.79 Å². The molecule has 1 fully saturated rings. The first kappa shape index (κ1) is 26.3. The van der Waals surface area contributed by atoms with Crippen molar-refractivity contribution in [2.24, 2.45) is 0 Å². The Morgan fingerprint density at radius 1 is 1.03 bits per heavy atom. The minimum atomic E-state index is -0.617. The molecule has 0 aromatic heterocycles. The molecule has 6 nitrogen and oxygen atoms in total. The molecular weight excluding hydrogens is 637 g/mol. The fraction of sp³-hybridized carbons (Fsp3) is 0.0690. The average Bonchev–Trinajstić information content (AvgIpc) is 3.17. The van der Waals surface area contributed by atoms with Crippen LogP contribution < -0.4 is 9.47 Å². The standard InChI is InChI=1S/C29H19ClINO5S/c1-36-24-14-17(13-23(31)26(24)37-28(34)21-11-4-5-12-22(21)30)15-25-27(33)32(29(35)38-25)16-19-9-6-8-18-7-2-3-10-20(18)19/h2-15H,16H2,1H3/b25-15-. The van der Waals surface area contributed by atoms with Gasteiger partial charge in [0.1, 0.15) is 0 Å². The van der Waals surface area contributed by atoms with E-state index in [1.54, 1.807) is 42.5 Å². The Kier molecular flexibility index (Phi) is 7.73. The Bertz CT molecular complexity index is 1630. The topological polar surface area (TPSA) is 72.9 Å². The van der Waals surface area contributed by atoms with Gasteiger partial charge in [0.2, 0.25) is 0 Å². The molecule has 4 aromatic rings. The van der Waals surface area contributed by atoms with E-state index < -0.39 is 5.97 Å². The second kappa shape index (κ2) is 11.2. The van der Waals surface area contributed by atoms with Gasteiger partial charge in [0.25, 0.3) is 11.1 Å². The number of rotatable bonds is 6. The zero-order valence-corrected chi connectivity index (χ0v) is 23.7. The van der Waals surface area contributed by atoms with Crippen LogP contribution in [-0.4, -0.2) is 29.1 Å². The molecule has 0 N–H and O–H groups in total. The molecule has 0 bridgehead atoms. The van der Waals surface area contributed by atoms with Crippen LogP contribution in [0.5, 0.6) is 11.5 Å². The fourth-order valence-electron chi connectivity index (χ4n) is 4.08. The second-order valence-electron chi connectivity index (χ2n) is 8.31. The average molecular weight is 656 g/mol. The molecule has 1 heterocycles. The summed E-state index contributed by atoms with van der Waals surface area (Å²) in [5.41, 5.74) is 1.75. The summed E-state index contributed by atoms with van der Waals surface area (Å²) >= 11 is 9.05. The third-order valence-corrected chi connectivity index (χ3v) is 7.96. The maximum Gasteiger partial charge on any atom is 0.345 e. The van der Waals surface area contributed by atoms with Crippen LogP contribution in [0.4, 0.5) is 4.79 Å². The van der Waals surface area contributed by atoms with Crippen molar-refractivity contribution in [1.82, 2.24) is 4.90 Å². The molecular formula is C29H19ClINO5S. The molecule has 38 heavy (non-hydrogen) atoms. The van der Waals surface area contributed by atoms with Crippen LogP contribution in [0, 0.1) is 3.57 Å². The molecule has 0 radical (unpaired) electrons. The first-order valence-electron chi connectivity index (χ1n) is 11.4. The summed E-state index contributed by atoms with van der Waals surface area (Å²) < 4.78 is 11.7. The van der Waals surface area contributed by atoms with Crippen LogP contribution in [0.3, 0.4) is 0 Å². The van der Waals surface area contributed by atoms with E-state index >= 15 is 0 Å². The summed E-state index contributed by atoms with van der Waals surface area (Å²) in [5, 5.41) is 1.99. The minimum absolute atomic E-state index is 0.182. The Morgan fingerprint density at radius 2 is 1.76 bits per heavy atom. The number of esters is 1. The number of carbonyl (C=O) groups is 3. The van der Waals surface area contributed by atoms with E-state index in [9.17, 15) is 14.4 Å². The normalized spacial score (nSPS) is 14.4. The number of halogens is 2. The van der Waals surface area contributed by atoms with Gasteiger partial charge in [0.15, 0.2) is 11.5 Å². The number of amides is 2. The summed E-state index contributed by atoms with van der Waals surface area (Å²) in [7, 11) is 1.46. The highest BCUT2D eigenvalue weighted by Crippen LogP contribution is 2.38. The Hall–Kier alpha value is -3.34. The molecule has 0 spiro atoms. The maximum atomic E-state index is 13.2. The van der Waals surface area contributed by atoms with Crippen molar-refractivity contribution in [2.45, 2.75) is 6.54 Å². The van der Waals surface area contributed by atoms with Crippen LogP contribution in [-0.2, 0) is 11.3 Å². The number of nitrogens with zero attached hydrogens (tertiary/aromatic N) is 1. The van der Waals surface area contributed by atoms with Crippen molar-refractivity contribution < 1.29 is 23.9 Å². The van der Waals surface area contributed by atoms with E-state index in [0.29, 0.717) is 19.8 Å². The molecule has 5 rings (SSSR count). The number of ether oxygens (including phenoxy) is 2. The highest BCUT2D eigenvalue weighted by Gasteiger charge is 2.35. The Morgan fingerprint density at radius 3 is 2.55 bits per heavy atom. The molecule has 1 aliphatic rings. The lowest BCUT2D eigenvalue weighted by Gasteiger charge is -2.14. The quantitative estimate of drug-likeness (QED) is 0.0924. The lowest BCUT2D eigenvalue weighted by molar-refractivity contribution is -0.123. The summed E-state index contributed by atoms with van der Waals surface area (Å²) in [6.07, 6.45) is 1.64. The smallest absolute Gasteiger partial charge is 0.345 e. The van der Waals surface area contributed by atoms with Gasteiger partial charge in [-0.3, -0.25) is 14.5 Å². The van der Waals surface area contributed by atoms with Crippen molar-refractivity contribution in [2.75, 3.05) is 7.11 Å². The Labute approximate surface area is 241 Å². The van der Waals surface area contributed by atoms with Gasteiger partial charge in [-0.15, -0.1) is 0 Å². The summed E-state index contributed by atoms with van der Waals surface area (Å²) in [4.78, 5) is 40.2. The highest BCUT2D eigenvalue weighted by molar-refractivity contribution is 14.1. The van der Waals surface area contributed by atoms with Crippen LogP contribution >= 0.6 is 46.0 Å². The van der Waals surface area contributed by atoms with Crippen LogP contribution in [0.15, 0.2) is 83.8 Å². The van der Waals surface area contributed by atoms with Crippen molar-refractivity contribution in [3.8, 4) is 11.5 Å². The summed E-state index contributed by atoms with van der Waals surface area (Å²) in [6.45, 7) is 0.182. The van der Waals surface area contributed by atoms with Gasteiger partial charge in [-0.1, -0.05) is 66.2 Å². The molecule has 4 aromatic carbocycles. The number of imide groups is 1. The van der Waals surface area contributed by atoms with Gasteiger partial charge in [-0.05, 0) is 86.6 Å². The number of hydrogen-bond donors (Lipinski definition) is 0. The number of methoxy groups -OCH3 is 1. The molecule has 0 atom stereocenters. The lowest BCUT2D eigenvalue weighted by Crippen LogP contribution is -2.27. The SMILES string of the molecule is COc1cc(/C=C2\SC(=O)N(Cc3cccc4ccccc34)C2=O)cc(I)c1OC(=O)c1ccccc1Cl. The molecule has 0 saturated carbocycles.